The van der Waals surface area contributed by atoms with Gasteiger partial charge in [-0.05, 0) is 12.8 Å². The van der Waals surface area contributed by atoms with Crippen LogP contribution in [0.15, 0.2) is 11.1 Å². The lowest BCUT2D eigenvalue weighted by Gasteiger charge is -2.10. The summed E-state index contributed by atoms with van der Waals surface area (Å²) >= 11 is 0. The monoisotopic (exact) mass is 164 g/mol. The number of hydrogen-bond acceptors (Lipinski definition) is 0. The van der Waals surface area contributed by atoms with E-state index in [1.165, 1.54) is 40.0 Å². The van der Waals surface area contributed by atoms with Gasteiger partial charge in [0.2, 0.25) is 0 Å². The molecule has 0 bridgehead atoms. The molecule has 0 amide bonds. The van der Waals surface area contributed by atoms with Crippen molar-refractivity contribution >= 4 is 14.6 Å². The molecule has 0 rings (SSSR count). The molecular formula is C10H22B2. The van der Waals surface area contributed by atoms with E-state index in [0.29, 0.717) is 0 Å². The third kappa shape index (κ3) is 4.04. The Balaban J connectivity index is 4.26. The maximum absolute atomic E-state index is 2.29. The van der Waals surface area contributed by atoms with Gasteiger partial charge in [-0.3, -0.25) is 0 Å². The Hall–Kier alpha value is -0.130. The summed E-state index contributed by atoms with van der Waals surface area (Å²) in [5.41, 5.74) is 3.45. The number of hydrogen-bond donors (Lipinski definition) is 0. The van der Waals surface area contributed by atoms with Gasteiger partial charge in [-0.1, -0.05) is 51.3 Å². The smallest absolute Gasteiger partial charge is 0.0891 e. The van der Waals surface area contributed by atoms with Gasteiger partial charge in [0.05, 0.1) is 0 Å². The lowest BCUT2D eigenvalue weighted by molar-refractivity contribution is 0.979. The van der Waals surface area contributed by atoms with Crippen LogP contribution in [-0.4, -0.2) is 14.6 Å². The van der Waals surface area contributed by atoms with Crippen molar-refractivity contribution in [1.82, 2.24) is 0 Å². The van der Waals surface area contributed by atoms with Crippen LogP contribution in [0.4, 0.5) is 0 Å². The molecule has 0 saturated carbocycles. The molecule has 0 fully saturated rings. The lowest BCUT2D eigenvalue weighted by atomic mass is 9.68. The molecule has 0 nitrogen and oxygen atoms in total. The average Bonchev–Trinajstić information content (AvgIpc) is 2.11. The van der Waals surface area contributed by atoms with Crippen molar-refractivity contribution in [1.29, 1.82) is 0 Å². The lowest BCUT2D eigenvalue weighted by Crippen LogP contribution is -1.95. The Morgan fingerprint density at radius 1 is 0.833 bits per heavy atom. The molecule has 2 heteroatoms. The first-order valence-electron chi connectivity index (χ1n) is 5.49. The zero-order chi connectivity index (χ0) is 9.40. The summed E-state index contributed by atoms with van der Waals surface area (Å²) in [4.78, 5) is 0. The van der Waals surface area contributed by atoms with Gasteiger partial charge in [0.1, 0.15) is 14.6 Å². The van der Waals surface area contributed by atoms with Crippen LogP contribution in [-0.2, 0) is 0 Å². The van der Waals surface area contributed by atoms with E-state index >= 15 is 0 Å². The molecule has 0 saturated heterocycles. The molecule has 0 heterocycles. The van der Waals surface area contributed by atoms with E-state index in [0.717, 1.165) is 0 Å². The normalized spacial score (nSPS) is 12.3. The summed E-state index contributed by atoms with van der Waals surface area (Å²) < 4.78 is 0. The van der Waals surface area contributed by atoms with Crippen LogP contribution in [0, 0.1) is 0 Å². The molecule has 0 aromatic heterocycles. The second-order valence-electron chi connectivity index (χ2n) is 3.41. The number of allylic oxidation sites excluding steroid dienone is 2. The second kappa shape index (κ2) is 7.52. The number of rotatable bonds is 6. The van der Waals surface area contributed by atoms with Crippen molar-refractivity contribution in [3.8, 4) is 0 Å². The Morgan fingerprint density at radius 3 is 1.33 bits per heavy atom. The van der Waals surface area contributed by atoms with E-state index in [2.05, 4.69) is 27.5 Å². The summed E-state index contributed by atoms with van der Waals surface area (Å²) in [6.07, 6.45) is 5.16. The summed E-state index contributed by atoms with van der Waals surface area (Å²) in [7, 11) is 2.60. The molecule has 0 unspecified atom stereocenters. The molecule has 0 aromatic carbocycles. The molecule has 0 aliphatic carbocycles. The predicted molar refractivity (Wildman–Crippen MR) is 63.2 cm³/mol. The highest BCUT2D eigenvalue weighted by molar-refractivity contribution is 6.35. The fraction of sp³-hybridized carbons (Fsp3) is 0.800. The van der Waals surface area contributed by atoms with E-state index in [-0.39, 0.29) is 0 Å². The van der Waals surface area contributed by atoms with E-state index in [1.54, 1.807) is 11.1 Å². The van der Waals surface area contributed by atoms with Gasteiger partial charge >= 0.3 is 0 Å². The Kier molecular flexibility index (Phi) is 7.43. The van der Waals surface area contributed by atoms with E-state index < -0.39 is 0 Å². The summed E-state index contributed by atoms with van der Waals surface area (Å²) in [6.45, 7) is 9.12. The van der Waals surface area contributed by atoms with Crippen molar-refractivity contribution in [3.63, 3.8) is 0 Å². The highest BCUT2D eigenvalue weighted by Crippen LogP contribution is 2.19. The van der Waals surface area contributed by atoms with Crippen LogP contribution in [0.1, 0.15) is 26.7 Å². The molecule has 0 atom stereocenters. The standard InChI is InChI=1S/C10H22B2/c1-5-9(7-11-3)10(6-2)8-12-4/h11-12H,5-8H2,1-4H3/b10-9-. The summed E-state index contributed by atoms with van der Waals surface area (Å²) in [5, 5.41) is 0. The largest absolute Gasteiger partial charge is 0.122 e. The minimum Gasteiger partial charge on any atom is -0.0891 e. The van der Waals surface area contributed by atoms with E-state index in [4.69, 9.17) is 0 Å². The quantitative estimate of drug-likeness (QED) is 0.418. The SMILES string of the molecule is CBC/C(CC)=C(/CC)CBC. The van der Waals surface area contributed by atoms with Crippen LogP contribution < -0.4 is 0 Å². The molecule has 0 N–H and O–H groups in total. The van der Waals surface area contributed by atoms with Crippen LogP contribution in [0.25, 0.3) is 0 Å². The molecule has 68 valence electrons. The Morgan fingerprint density at radius 2 is 1.17 bits per heavy atom. The van der Waals surface area contributed by atoms with Gasteiger partial charge in [-0.25, -0.2) is 0 Å². The van der Waals surface area contributed by atoms with Gasteiger partial charge in [0.25, 0.3) is 0 Å². The van der Waals surface area contributed by atoms with Gasteiger partial charge in [-0.2, -0.15) is 0 Å². The van der Waals surface area contributed by atoms with Crippen LogP contribution in [0.2, 0.25) is 26.3 Å². The van der Waals surface area contributed by atoms with Crippen LogP contribution in [0.3, 0.4) is 0 Å². The van der Waals surface area contributed by atoms with Gasteiger partial charge in [0, 0.05) is 0 Å². The van der Waals surface area contributed by atoms with Gasteiger partial charge in [-0.15, -0.1) is 0 Å². The van der Waals surface area contributed by atoms with E-state index in [1.807, 2.05) is 0 Å². The zero-order valence-electron chi connectivity index (χ0n) is 9.24. The molecule has 0 radical (unpaired) electrons. The molecular weight excluding hydrogens is 142 g/mol. The Labute approximate surface area is 79.3 Å². The van der Waals surface area contributed by atoms with Gasteiger partial charge < -0.3 is 0 Å². The maximum Gasteiger partial charge on any atom is 0.122 e. The highest BCUT2D eigenvalue weighted by Gasteiger charge is 2.01. The van der Waals surface area contributed by atoms with Crippen molar-refractivity contribution in [2.24, 2.45) is 0 Å². The molecule has 0 aliphatic heterocycles. The highest BCUT2D eigenvalue weighted by atomic mass is 14.0. The first-order valence-corrected chi connectivity index (χ1v) is 5.49. The van der Waals surface area contributed by atoms with Gasteiger partial charge in [0.15, 0.2) is 0 Å². The topological polar surface area (TPSA) is 0 Å². The fourth-order valence-corrected chi connectivity index (χ4v) is 1.81. The minimum absolute atomic E-state index is 1.26. The van der Waals surface area contributed by atoms with Crippen LogP contribution >= 0.6 is 0 Å². The molecule has 0 aliphatic rings. The predicted octanol–water partition coefficient (Wildman–Crippen LogP) is 2.91. The first-order chi connectivity index (χ1) is 5.79. The van der Waals surface area contributed by atoms with Crippen molar-refractivity contribution in [2.75, 3.05) is 0 Å². The molecule has 0 aromatic rings. The average molecular weight is 164 g/mol. The van der Waals surface area contributed by atoms with E-state index in [9.17, 15) is 0 Å². The Bertz CT molecular complexity index is 123. The van der Waals surface area contributed by atoms with Crippen LogP contribution in [0.5, 0.6) is 0 Å². The molecule has 0 spiro atoms. The van der Waals surface area contributed by atoms with Crippen molar-refractivity contribution in [3.05, 3.63) is 11.1 Å². The summed E-state index contributed by atoms with van der Waals surface area (Å²) in [5.74, 6) is 0. The maximum atomic E-state index is 2.29. The van der Waals surface area contributed by atoms with Crippen molar-refractivity contribution in [2.45, 2.75) is 53.0 Å². The fourth-order valence-electron chi connectivity index (χ4n) is 1.81. The first kappa shape index (κ1) is 11.9. The second-order valence-corrected chi connectivity index (χ2v) is 3.41. The zero-order valence-corrected chi connectivity index (χ0v) is 9.24. The third-order valence-electron chi connectivity index (χ3n) is 2.46. The van der Waals surface area contributed by atoms with Crippen molar-refractivity contribution < 1.29 is 0 Å². The summed E-state index contributed by atoms with van der Waals surface area (Å²) in [6, 6.07) is 0. The minimum atomic E-state index is 1.26. The third-order valence-corrected chi connectivity index (χ3v) is 2.46. The molecule has 12 heavy (non-hydrogen) atoms.